The molecule has 2 nitrogen and oxygen atoms in total. The lowest BCUT2D eigenvalue weighted by atomic mass is 10.1. The molecule has 0 saturated carbocycles. The molecule has 0 bridgehead atoms. The number of nitrogens with two attached hydrogens (primary N) is 1. The molecule has 62 valence electrons. The van der Waals surface area contributed by atoms with Crippen molar-refractivity contribution in [2.24, 2.45) is 5.73 Å². The molecule has 0 aliphatic heterocycles. The molecule has 12 heavy (non-hydrogen) atoms. The smallest absolute Gasteiger partial charge is 0.187 e. The van der Waals surface area contributed by atoms with E-state index in [-0.39, 0.29) is 11.9 Å². The minimum absolute atomic E-state index is 0.350. The van der Waals surface area contributed by atoms with Crippen molar-refractivity contribution in [1.29, 1.82) is 0 Å². The predicted molar refractivity (Wildman–Crippen MR) is 45.3 cm³/mol. The molecule has 0 radical (unpaired) electrons. The monoisotopic (exact) mass is 164 g/mol. The summed E-state index contributed by atoms with van der Waals surface area (Å²) in [6.45, 7) is 8.40. The molecule has 3 heteroatoms. The summed E-state index contributed by atoms with van der Waals surface area (Å²) in [7, 11) is 0. The molecule has 0 fully saturated rings. The lowest BCUT2D eigenvalue weighted by Crippen LogP contribution is -2.06. The minimum Gasteiger partial charge on any atom is -0.324 e. The van der Waals surface area contributed by atoms with Crippen LogP contribution in [0.4, 0.5) is 10.1 Å². The van der Waals surface area contributed by atoms with E-state index in [1.807, 2.05) is 0 Å². The summed E-state index contributed by atoms with van der Waals surface area (Å²) in [5.41, 5.74) is 6.31. The Labute approximate surface area is 70.6 Å². The Morgan fingerprint density at radius 1 is 1.58 bits per heavy atom. The Bertz CT molecular complexity index is 326. The van der Waals surface area contributed by atoms with Gasteiger partial charge in [0, 0.05) is 6.04 Å². The number of halogens is 1. The van der Waals surface area contributed by atoms with Crippen molar-refractivity contribution in [1.82, 2.24) is 0 Å². The van der Waals surface area contributed by atoms with Gasteiger partial charge >= 0.3 is 0 Å². The number of hydrogen-bond donors (Lipinski definition) is 1. The van der Waals surface area contributed by atoms with Crippen molar-refractivity contribution >= 4 is 5.69 Å². The summed E-state index contributed by atoms with van der Waals surface area (Å²) >= 11 is 0. The number of hydrogen-bond acceptors (Lipinski definition) is 1. The predicted octanol–water partition coefficient (Wildman–Crippen LogP) is 2.40. The quantitative estimate of drug-likeness (QED) is 0.634. The number of benzene rings is 1. The number of nitrogens with zero attached hydrogens (tertiary/aromatic N) is 1. The van der Waals surface area contributed by atoms with Crippen LogP contribution in [0.25, 0.3) is 4.85 Å². The van der Waals surface area contributed by atoms with Gasteiger partial charge in [0.15, 0.2) is 5.69 Å². The van der Waals surface area contributed by atoms with Crippen molar-refractivity contribution in [3.63, 3.8) is 0 Å². The van der Waals surface area contributed by atoms with Crippen LogP contribution in [0.1, 0.15) is 18.5 Å². The van der Waals surface area contributed by atoms with Gasteiger partial charge in [-0.3, -0.25) is 0 Å². The molecule has 2 N–H and O–H groups in total. The van der Waals surface area contributed by atoms with Gasteiger partial charge < -0.3 is 5.73 Å². The second kappa shape index (κ2) is 3.33. The van der Waals surface area contributed by atoms with E-state index >= 15 is 0 Å². The highest BCUT2D eigenvalue weighted by Crippen LogP contribution is 2.21. The SMILES string of the molecule is [C-]#[N+]c1ccc(F)c([C@@H](C)N)c1. The molecule has 1 aromatic rings. The molecule has 0 aliphatic carbocycles. The lowest BCUT2D eigenvalue weighted by Gasteiger charge is -2.06. The zero-order chi connectivity index (χ0) is 9.14. The molecule has 0 aromatic heterocycles. The standard InChI is InChI=1S/C9H9FN2/c1-6(11)8-5-7(12-2)3-4-9(8)10/h3-6H,11H2,1H3/t6-/m1/s1. The first kappa shape index (κ1) is 8.69. The average molecular weight is 164 g/mol. The molecule has 0 spiro atoms. The first-order valence-corrected chi connectivity index (χ1v) is 3.57. The van der Waals surface area contributed by atoms with Crippen molar-refractivity contribution in [3.8, 4) is 0 Å². The Morgan fingerprint density at radius 2 is 2.25 bits per heavy atom. The van der Waals surface area contributed by atoms with Gasteiger partial charge in [0.25, 0.3) is 0 Å². The Hall–Kier alpha value is -1.40. The molecule has 0 unspecified atom stereocenters. The van der Waals surface area contributed by atoms with Gasteiger partial charge in [-0.2, -0.15) is 0 Å². The van der Waals surface area contributed by atoms with Crippen LogP contribution in [0.15, 0.2) is 18.2 Å². The third-order valence-electron chi connectivity index (χ3n) is 1.60. The second-order valence-electron chi connectivity index (χ2n) is 2.61. The lowest BCUT2D eigenvalue weighted by molar-refractivity contribution is 0.594. The molecular formula is C9H9FN2. The first-order valence-electron chi connectivity index (χ1n) is 3.57. The van der Waals surface area contributed by atoms with Crippen LogP contribution in [-0.4, -0.2) is 0 Å². The first-order chi connectivity index (χ1) is 5.65. The third-order valence-corrected chi connectivity index (χ3v) is 1.60. The van der Waals surface area contributed by atoms with Crippen LogP contribution in [0.5, 0.6) is 0 Å². The van der Waals surface area contributed by atoms with Crippen LogP contribution in [-0.2, 0) is 0 Å². The molecule has 1 rings (SSSR count). The van der Waals surface area contributed by atoms with E-state index in [4.69, 9.17) is 12.3 Å². The fourth-order valence-corrected chi connectivity index (χ4v) is 0.950. The highest BCUT2D eigenvalue weighted by Gasteiger charge is 2.06. The zero-order valence-corrected chi connectivity index (χ0v) is 6.71. The van der Waals surface area contributed by atoms with Crippen LogP contribution >= 0.6 is 0 Å². The van der Waals surface area contributed by atoms with E-state index in [9.17, 15) is 4.39 Å². The molecule has 0 saturated heterocycles. The summed E-state index contributed by atoms with van der Waals surface area (Å²) in [6.07, 6.45) is 0. The van der Waals surface area contributed by atoms with Crippen molar-refractivity contribution in [2.75, 3.05) is 0 Å². The van der Waals surface area contributed by atoms with Crippen LogP contribution in [0.2, 0.25) is 0 Å². The average Bonchev–Trinajstić information content (AvgIpc) is 2.05. The highest BCUT2D eigenvalue weighted by atomic mass is 19.1. The van der Waals surface area contributed by atoms with E-state index in [0.717, 1.165) is 0 Å². The van der Waals surface area contributed by atoms with Gasteiger partial charge in [-0.25, -0.2) is 9.24 Å². The highest BCUT2D eigenvalue weighted by molar-refractivity contribution is 5.47. The van der Waals surface area contributed by atoms with E-state index in [1.165, 1.54) is 18.2 Å². The fourth-order valence-electron chi connectivity index (χ4n) is 0.950. The molecule has 0 heterocycles. The van der Waals surface area contributed by atoms with Gasteiger partial charge in [0.05, 0.1) is 6.57 Å². The van der Waals surface area contributed by atoms with E-state index in [2.05, 4.69) is 4.85 Å². The van der Waals surface area contributed by atoms with Gasteiger partial charge in [-0.1, -0.05) is 6.07 Å². The zero-order valence-electron chi connectivity index (χ0n) is 6.71. The van der Waals surface area contributed by atoms with Crippen LogP contribution in [0.3, 0.4) is 0 Å². The summed E-state index contributed by atoms with van der Waals surface area (Å²) in [6, 6.07) is 3.82. The summed E-state index contributed by atoms with van der Waals surface area (Å²) in [4.78, 5) is 3.18. The second-order valence-corrected chi connectivity index (χ2v) is 2.61. The van der Waals surface area contributed by atoms with E-state index in [1.54, 1.807) is 6.92 Å². The molecule has 0 amide bonds. The molecule has 0 aliphatic rings. The van der Waals surface area contributed by atoms with Gasteiger partial charge in [0.1, 0.15) is 5.82 Å². The molecule has 1 aromatic carbocycles. The third kappa shape index (κ3) is 1.60. The van der Waals surface area contributed by atoms with E-state index in [0.29, 0.717) is 11.3 Å². The van der Waals surface area contributed by atoms with Crippen molar-refractivity contribution in [2.45, 2.75) is 13.0 Å². The minimum atomic E-state index is -0.369. The van der Waals surface area contributed by atoms with Crippen molar-refractivity contribution < 1.29 is 4.39 Å². The largest absolute Gasteiger partial charge is 0.324 e. The maximum atomic E-state index is 13.0. The maximum absolute atomic E-state index is 13.0. The normalized spacial score (nSPS) is 12.2. The van der Waals surface area contributed by atoms with Gasteiger partial charge in [-0.15, -0.1) is 0 Å². The fraction of sp³-hybridized carbons (Fsp3) is 0.222. The topological polar surface area (TPSA) is 30.4 Å². The summed E-state index contributed by atoms with van der Waals surface area (Å²) in [5, 5.41) is 0. The van der Waals surface area contributed by atoms with Gasteiger partial charge in [-0.05, 0) is 24.6 Å². The number of rotatable bonds is 1. The van der Waals surface area contributed by atoms with Crippen LogP contribution in [0, 0.1) is 12.4 Å². The Kier molecular flexibility index (Phi) is 2.41. The van der Waals surface area contributed by atoms with E-state index < -0.39 is 0 Å². The summed E-state index contributed by atoms with van der Waals surface area (Å²) < 4.78 is 13.0. The maximum Gasteiger partial charge on any atom is 0.187 e. The molecule has 1 atom stereocenters. The molecular weight excluding hydrogens is 155 g/mol. The Morgan fingerprint density at radius 3 is 2.75 bits per heavy atom. The Balaban J connectivity index is 3.19. The van der Waals surface area contributed by atoms with Crippen LogP contribution < -0.4 is 5.73 Å². The van der Waals surface area contributed by atoms with Gasteiger partial charge in [0.2, 0.25) is 0 Å². The van der Waals surface area contributed by atoms with Crippen molar-refractivity contribution in [3.05, 3.63) is 41.0 Å². The summed E-state index contributed by atoms with van der Waals surface area (Å²) in [5.74, 6) is -0.350.